The van der Waals surface area contributed by atoms with Crippen LogP contribution in [0.2, 0.25) is 0 Å². The Balaban J connectivity index is 2.68. The molecule has 100 valence electrons. The smallest absolute Gasteiger partial charge is 0.354 e. The lowest BCUT2D eigenvalue weighted by Gasteiger charge is -2.08. The molecule has 0 bridgehead atoms. The number of aryl methyl sites for hydroxylation is 1. The molecule has 0 fully saturated rings. The van der Waals surface area contributed by atoms with E-state index in [-0.39, 0.29) is 5.69 Å². The van der Waals surface area contributed by atoms with Crippen molar-refractivity contribution in [1.29, 1.82) is 0 Å². The summed E-state index contributed by atoms with van der Waals surface area (Å²) in [5, 5.41) is 13.3. The van der Waals surface area contributed by atoms with Crippen LogP contribution in [-0.2, 0) is 6.54 Å². The van der Waals surface area contributed by atoms with Gasteiger partial charge in [-0.25, -0.2) is 9.18 Å². The Kier molecular flexibility index (Phi) is 3.50. The zero-order valence-electron chi connectivity index (χ0n) is 10.6. The van der Waals surface area contributed by atoms with E-state index in [4.69, 9.17) is 4.74 Å². The first-order valence-corrected chi connectivity index (χ1v) is 5.71. The van der Waals surface area contributed by atoms with Crippen molar-refractivity contribution in [2.75, 3.05) is 7.11 Å². The van der Waals surface area contributed by atoms with Crippen molar-refractivity contribution in [3.63, 3.8) is 0 Å². The molecule has 0 saturated heterocycles. The topological polar surface area (TPSA) is 64.4 Å². The van der Waals surface area contributed by atoms with Gasteiger partial charge in [0.1, 0.15) is 11.6 Å². The van der Waals surface area contributed by atoms with Gasteiger partial charge in [-0.15, -0.1) is 0 Å². The lowest BCUT2D eigenvalue weighted by Crippen LogP contribution is -2.09. The lowest BCUT2D eigenvalue weighted by atomic mass is 10.0. The number of carbonyl (C=O) groups is 1. The first-order valence-electron chi connectivity index (χ1n) is 5.71. The highest BCUT2D eigenvalue weighted by molar-refractivity contribution is 5.95. The molecule has 5 nitrogen and oxygen atoms in total. The molecule has 0 aliphatic carbocycles. The number of carboxylic acid groups (broad SMARTS) is 1. The van der Waals surface area contributed by atoms with E-state index in [1.807, 2.05) is 0 Å². The van der Waals surface area contributed by atoms with E-state index in [1.165, 1.54) is 36.2 Å². The van der Waals surface area contributed by atoms with Gasteiger partial charge >= 0.3 is 5.97 Å². The van der Waals surface area contributed by atoms with E-state index in [1.54, 1.807) is 6.92 Å². The van der Waals surface area contributed by atoms with E-state index >= 15 is 0 Å². The Bertz CT molecular complexity index is 622. The number of aromatic nitrogens is 2. The van der Waals surface area contributed by atoms with Crippen molar-refractivity contribution in [1.82, 2.24) is 9.78 Å². The number of aromatic carboxylic acids is 1. The average Bonchev–Trinajstić information content (AvgIpc) is 2.82. The lowest BCUT2D eigenvalue weighted by molar-refractivity contribution is 0.0684. The van der Waals surface area contributed by atoms with Crippen LogP contribution >= 0.6 is 0 Å². The molecule has 0 amide bonds. The Morgan fingerprint density at radius 3 is 2.79 bits per heavy atom. The summed E-state index contributed by atoms with van der Waals surface area (Å²) < 4.78 is 19.8. The van der Waals surface area contributed by atoms with Crippen LogP contribution in [0.4, 0.5) is 4.39 Å². The first kappa shape index (κ1) is 13.1. The molecule has 0 atom stereocenters. The van der Waals surface area contributed by atoms with Crippen LogP contribution in [0.3, 0.4) is 0 Å². The van der Waals surface area contributed by atoms with Gasteiger partial charge in [0, 0.05) is 17.7 Å². The van der Waals surface area contributed by atoms with Gasteiger partial charge in [0.15, 0.2) is 5.69 Å². The van der Waals surface area contributed by atoms with Crippen molar-refractivity contribution in [2.24, 2.45) is 0 Å². The molecule has 1 heterocycles. The van der Waals surface area contributed by atoms with Crippen LogP contribution in [0.1, 0.15) is 17.4 Å². The molecular weight excluding hydrogens is 251 g/mol. The second-order valence-corrected chi connectivity index (χ2v) is 3.87. The number of rotatable bonds is 4. The monoisotopic (exact) mass is 264 g/mol. The molecular formula is C13H13FN2O3. The third-order valence-electron chi connectivity index (χ3n) is 2.79. The number of hydrogen-bond acceptors (Lipinski definition) is 3. The van der Waals surface area contributed by atoms with Crippen molar-refractivity contribution < 1.29 is 19.0 Å². The minimum absolute atomic E-state index is 0.0198. The maximum atomic E-state index is 13.4. The van der Waals surface area contributed by atoms with Crippen LogP contribution in [0.25, 0.3) is 11.1 Å². The van der Waals surface area contributed by atoms with Crippen molar-refractivity contribution in [3.8, 4) is 16.9 Å². The fraction of sp³-hybridized carbons (Fsp3) is 0.231. The molecule has 19 heavy (non-hydrogen) atoms. The second-order valence-electron chi connectivity index (χ2n) is 3.87. The minimum Gasteiger partial charge on any atom is -0.496 e. The fourth-order valence-corrected chi connectivity index (χ4v) is 1.94. The first-order chi connectivity index (χ1) is 9.08. The Labute approximate surface area is 109 Å². The zero-order valence-corrected chi connectivity index (χ0v) is 10.6. The maximum absolute atomic E-state index is 13.4. The molecule has 0 spiro atoms. The summed E-state index contributed by atoms with van der Waals surface area (Å²) in [5.74, 6) is -1.17. The molecule has 1 N–H and O–H groups in total. The molecule has 0 aliphatic rings. The van der Waals surface area contributed by atoms with Gasteiger partial charge in [-0.2, -0.15) is 5.10 Å². The molecule has 0 unspecified atom stereocenters. The summed E-state index contributed by atoms with van der Waals surface area (Å²) in [6.45, 7) is 2.20. The number of halogens is 1. The number of ether oxygens (including phenoxy) is 1. The highest BCUT2D eigenvalue weighted by Gasteiger charge is 2.21. The Morgan fingerprint density at radius 2 is 2.21 bits per heavy atom. The van der Waals surface area contributed by atoms with E-state index in [0.29, 0.717) is 23.4 Å². The van der Waals surface area contributed by atoms with Crippen LogP contribution in [0.5, 0.6) is 5.75 Å². The normalized spacial score (nSPS) is 10.5. The summed E-state index contributed by atoms with van der Waals surface area (Å²) in [4.78, 5) is 11.3. The van der Waals surface area contributed by atoms with E-state index in [9.17, 15) is 14.3 Å². The summed E-state index contributed by atoms with van der Waals surface area (Å²) in [6.07, 6.45) is 1.41. The van der Waals surface area contributed by atoms with E-state index in [0.717, 1.165) is 0 Å². The molecule has 0 aliphatic heterocycles. The number of benzene rings is 1. The second kappa shape index (κ2) is 5.09. The highest BCUT2D eigenvalue weighted by atomic mass is 19.1. The van der Waals surface area contributed by atoms with Gasteiger partial charge in [0.2, 0.25) is 0 Å². The molecule has 0 radical (unpaired) electrons. The SMILES string of the molecule is CCn1ncc(-c2cc(F)ccc2OC)c1C(=O)O. The molecule has 1 aromatic carbocycles. The minimum atomic E-state index is -1.11. The highest BCUT2D eigenvalue weighted by Crippen LogP contribution is 2.33. The summed E-state index contributed by atoms with van der Waals surface area (Å²) in [6, 6.07) is 3.95. The quantitative estimate of drug-likeness (QED) is 0.921. The fourth-order valence-electron chi connectivity index (χ4n) is 1.94. The predicted molar refractivity (Wildman–Crippen MR) is 66.8 cm³/mol. The molecule has 1 aromatic heterocycles. The van der Waals surface area contributed by atoms with Crippen LogP contribution in [-0.4, -0.2) is 28.0 Å². The van der Waals surface area contributed by atoms with E-state index < -0.39 is 11.8 Å². The summed E-state index contributed by atoms with van der Waals surface area (Å²) in [5.41, 5.74) is 0.733. The third kappa shape index (κ3) is 2.29. The molecule has 0 saturated carbocycles. The molecule has 2 rings (SSSR count). The van der Waals surface area contributed by atoms with Crippen LogP contribution < -0.4 is 4.74 Å². The number of methoxy groups -OCH3 is 1. The largest absolute Gasteiger partial charge is 0.496 e. The number of hydrogen-bond donors (Lipinski definition) is 1. The van der Waals surface area contributed by atoms with Crippen molar-refractivity contribution in [3.05, 3.63) is 35.9 Å². The number of carboxylic acids is 1. The standard InChI is InChI=1S/C13H13FN2O3/c1-3-16-12(13(17)18)10(7-15-16)9-6-8(14)4-5-11(9)19-2/h4-7H,3H2,1-2H3,(H,17,18). The van der Waals surface area contributed by atoms with Gasteiger partial charge in [-0.1, -0.05) is 0 Å². The Hall–Kier alpha value is -2.37. The van der Waals surface area contributed by atoms with Gasteiger partial charge in [0.25, 0.3) is 0 Å². The van der Waals surface area contributed by atoms with Gasteiger partial charge in [0.05, 0.1) is 13.3 Å². The third-order valence-corrected chi connectivity index (χ3v) is 2.79. The Morgan fingerprint density at radius 1 is 1.47 bits per heavy atom. The van der Waals surface area contributed by atoms with E-state index in [2.05, 4.69) is 5.10 Å². The van der Waals surface area contributed by atoms with Crippen molar-refractivity contribution >= 4 is 5.97 Å². The predicted octanol–water partition coefficient (Wildman–Crippen LogP) is 2.42. The van der Waals surface area contributed by atoms with Gasteiger partial charge in [-0.3, -0.25) is 4.68 Å². The maximum Gasteiger partial charge on any atom is 0.354 e. The number of nitrogens with zero attached hydrogens (tertiary/aromatic N) is 2. The molecule has 6 heteroatoms. The van der Waals surface area contributed by atoms with Crippen LogP contribution in [0.15, 0.2) is 24.4 Å². The van der Waals surface area contributed by atoms with Crippen LogP contribution in [0, 0.1) is 5.82 Å². The molecule has 2 aromatic rings. The summed E-state index contributed by atoms with van der Waals surface area (Å²) >= 11 is 0. The average molecular weight is 264 g/mol. The van der Waals surface area contributed by atoms with Crippen molar-refractivity contribution in [2.45, 2.75) is 13.5 Å². The van der Waals surface area contributed by atoms with Gasteiger partial charge < -0.3 is 9.84 Å². The summed E-state index contributed by atoms with van der Waals surface area (Å²) in [7, 11) is 1.45. The zero-order chi connectivity index (χ0) is 14.0. The van der Waals surface area contributed by atoms with Gasteiger partial charge in [-0.05, 0) is 25.1 Å².